The van der Waals surface area contributed by atoms with E-state index >= 15 is 0 Å². The fraction of sp³-hybridized carbons (Fsp3) is 0.211. The third-order valence-corrected chi connectivity index (χ3v) is 3.50. The summed E-state index contributed by atoms with van der Waals surface area (Å²) in [6.45, 7) is 2.28. The molecular formula is C19H21FN2O2. The molecule has 0 saturated heterocycles. The Bertz CT molecular complexity index is 712. The second-order valence-corrected chi connectivity index (χ2v) is 5.17. The molecule has 0 heterocycles. The van der Waals surface area contributed by atoms with Crippen LogP contribution in [0.5, 0.6) is 5.75 Å². The van der Waals surface area contributed by atoms with Crippen LogP contribution >= 0.6 is 0 Å². The number of rotatable bonds is 7. The first-order valence-electron chi connectivity index (χ1n) is 7.59. The molecule has 2 aromatic carbocycles. The van der Waals surface area contributed by atoms with E-state index in [2.05, 4.69) is 4.99 Å². The number of halogens is 1. The average molecular weight is 328 g/mol. The van der Waals surface area contributed by atoms with Gasteiger partial charge < -0.3 is 15.2 Å². The van der Waals surface area contributed by atoms with Crippen molar-refractivity contribution in [1.82, 2.24) is 0 Å². The normalized spacial score (nSPS) is 12.8. The molecule has 2 aromatic rings. The van der Waals surface area contributed by atoms with Gasteiger partial charge in [-0.1, -0.05) is 12.1 Å². The van der Waals surface area contributed by atoms with E-state index in [-0.39, 0.29) is 11.9 Å². The lowest BCUT2D eigenvalue weighted by atomic mass is 10.1. The smallest absolute Gasteiger partial charge is 0.123 e. The van der Waals surface area contributed by atoms with E-state index in [1.54, 1.807) is 25.5 Å². The van der Waals surface area contributed by atoms with Crippen LogP contribution in [0, 0.1) is 5.82 Å². The standard InChI is InChI=1S/C19H21FN2O2/c1-14(24-13-15-4-7-17(23-2)8-5-15)18-12-16(20)6-9-19(18)22-11-3-10-21/h3-12,14H,13,21H2,1-2H3. The summed E-state index contributed by atoms with van der Waals surface area (Å²) >= 11 is 0. The molecule has 0 saturated carbocycles. The number of methoxy groups -OCH3 is 1. The third-order valence-electron chi connectivity index (χ3n) is 3.50. The predicted octanol–water partition coefficient (Wildman–Crippen LogP) is 4.29. The summed E-state index contributed by atoms with van der Waals surface area (Å²) in [5.74, 6) is 0.472. The van der Waals surface area contributed by atoms with E-state index in [0.717, 1.165) is 11.3 Å². The van der Waals surface area contributed by atoms with Crippen molar-refractivity contribution in [2.45, 2.75) is 19.6 Å². The lowest BCUT2D eigenvalue weighted by Gasteiger charge is -2.16. The molecule has 0 aliphatic carbocycles. The monoisotopic (exact) mass is 328 g/mol. The van der Waals surface area contributed by atoms with Gasteiger partial charge in [0.15, 0.2) is 0 Å². The lowest BCUT2D eigenvalue weighted by Crippen LogP contribution is -2.02. The predicted molar refractivity (Wildman–Crippen MR) is 94.1 cm³/mol. The lowest BCUT2D eigenvalue weighted by molar-refractivity contribution is 0.0527. The second-order valence-electron chi connectivity index (χ2n) is 5.17. The van der Waals surface area contributed by atoms with Crippen molar-refractivity contribution < 1.29 is 13.9 Å². The molecule has 126 valence electrons. The molecule has 0 aliphatic heterocycles. The van der Waals surface area contributed by atoms with Crippen molar-refractivity contribution in [2.24, 2.45) is 10.7 Å². The largest absolute Gasteiger partial charge is 0.497 e. The molecule has 2 rings (SSSR count). The SMILES string of the molecule is COc1ccc(COC(C)c2cc(F)ccc2N=CC=CN)cc1. The number of aliphatic imine (C=N–C) groups is 1. The Hall–Kier alpha value is -2.66. The maximum atomic E-state index is 13.6. The fourth-order valence-electron chi connectivity index (χ4n) is 2.17. The molecule has 0 amide bonds. The van der Waals surface area contributed by atoms with Crippen LogP contribution in [-0.2, 0) is 11.3 Å². The highest BCUT2D eigenvalue weighted by Crippen LogP contribution is 2.29. The molecule has 1 atom stereocenters. The first-order chi connectivity index (χ1) is 11.6. The van der Waals surface area contributed by atoms with E-state index in [0.29, 0.717) is 17.9 Å². The summed E-state index contributed by atoms with van der Waals surface area (Å²) in [4.78, 5) is 4.28. The molecule has 0 aromatic heterocycles. The first-order valence-corrected chi connectivity index (χ1v) is 7.59. The number of allylic oxidation sites excluding steroid dienone is 1. The molecule has 1 unspecified atom stereocenters. The molecule has 0 bridgehead atoms. The van der Waals surface area contributed by atoms with Crippen molar-refractivity contribution in [3.63, 3.8) is 0 Å². The van der Waals surface area contributed by atoms with E-state index in [4.69, 9.17) is 15.2 Å². The Morgan fingerprint density at radius 1 is 1.21 bits per heavy atom. The number of nitrogens with two attached hydrogens (primary N) is 1. The fourth-order valence-corrected chi connectivity index (χ4v) is 2.17. The Morgan fingerprint density at radius 2 is 1.96 bits per heavy atom. The summed E-state index contributed by atoms with van der Waals surface area (Å²) in [7, 11) is 1.62. The number of ether oxygens (including phenoxy) is 2. The van der Waals surface area contributed by atoms with Crippen LogP contribution in [0.25, 0.3) is 0 Å². The minimum Gasteiger partial charge on any atom is -0.497 e. The van der Waals surface area contributed by atoms with Crippen molar-refractivity contribution in [3.8, 4) is 5.75 Å². The maximum absolute atomic E-state index is 13.6. The minimum absolute atomic E-state index is 0.309. The van der Waals surface area contributed by atoms with Crippen molar-refractivity contribution in [3.05, 3.63) is 71.7 Å². The summed E-state index contributed by atoms with van der Waals surface area (Å²) in [5.41, 5.74) is 7.63. The van der Waals surface area contributed by atoms with E-state index < -0.39 is 0 Å². The van der Waals surface area contributed by atoms with Crippen molar-refractivity contribution in [1.29, 1.82) is 0 Å². The van der Waals surface area contributed by atoms with Gasteiger partial charge in [0.05, 0.1) is 25.5 Å². The van der Waals surface area contributed by atoms with Gasteiger partial charge in [-0.25, -0.2) is 4.39 Å². The Morgan fingerprint density at radius 3 is 2.62 bits per heavy atom. The van der Waals surface area contributed by atoms with Gasteiger partial charge in [0.25, 0.3) is 0 Å². The van der Waals surface area contributed by atoms with Crippen molar-refractivity contribution >= 4 is 11.9 Å². The van der Waals surface area contributed by atoms with Gasteiger partial charge in [0.2, 0.25) is 0 Å². The van der Waals surface area contributed by atoms with Crippen LogP contribution in [0.2, 0.25) is 0 Å². The zero-order valence-corrected chi connectivity index (χ0v) is 13.8. The number of hydrogen-bond donors (Lipinski definition) is 1. The number of nitrogens with zero attached hydrogens (tertiary/aromatic N) is 1. The zero-order chi connectivity index (χ0) is 17.4. The van der Waals surface area contributed by atoms with E-state index in [1.807, 2.05) is 31.2 Å². The van der Waals surface area contributed by atoms with Gasteiger partial charge in [-0.05, 0) is 55.1 Å². The quantitative estimate of drug-likeness (QED) is 0.772. The molecule has 5 heteroatoms. The number of benzene rings is 2. The second kappa shape index (κ2) is 8.84. The highest BCUT2D eigenvalue weighted by Gasteiger charge is 2.12. The van der Waals surface area contributed by atoms with Crippen LogP contribution in [0.4, 0.5) is 10.1 Å². The molecule has 0 radical (unpaired) electrons. The van der Waals surface area contributed by atoms with Crippen LogP contribution in [0.3, 0.4) is 0 Å². The molecule has 0 aliphatic rings. The molecule has 0 spiro atoms. The highest BCUT2D eigenvalue weighted by molar-refractivity contribution is 5.75. The van der Waals surface area contributed by atoms with Crippen LogP contribution in [0.1, 0.15) is 24.2 Å². The Kier molecular flexibility index (Phi) is 6.51. The number of hydrogen-bond acceptors (Lipinski definition) is 4. The van der Waals surface area contributed by atoms with Crippen LogP contribution in [-0.4, -0.2) is 13.3 Å². The highest BCUT2D eigenvalue weighted by atomic mass is 19.1. The van der Waals surface area contributed by atoms with E-state index in [9.17, 15) is 4.39 Å². The summed E-state index contributed by atoms with van der Waals surface area (Å²) in [6.07, 6.45) is 4.25. The van der Waals surface area contributed by atoms with Gasteiger partial charge >= 0.3 is 0 Å². The molecule has 4 nitrogen and oxygen atoms in total. The van der Waals surface area contributed by atoms with E-state index in [1.165, 1.54) is 18.3 Å². The molecule has 2 N–H and O–H groups in total. The summed E-state index contributed by atoms with van der Waals surface area (Å²) < 4.78 is 24.6. The summed E-state index contributed by atoms with van der Waals surface area (Å²) in [5, 5.41) is 0. The van der Waals surface area contributed by atoms with Gasteiger partial charge in [0, 0.05) is 11.8 Å². The minimum atomic E-state index is -0.321. The average Bonchev–Trinajstić information content (AvgIpc) is 2.61. The maximum Gasteiger partial charge on any atom is 0.123 e. The molecular weight excluding hydrogens is 307 g/mol. The Labute approximate surface area is 141 Å². The summed E-state index contributed by atoms with van der Waals surface area (Å²) in [6, 6.07) is 12.1. The third kappa shape index (κ3) is 4.93. The van der Waals surface area contributed by atoms with Crippen LogP contribution in [0.15, 0.2) is 59.7 Å². The molecule has 24 heavy (non-hydrogen) atoms. The van der Waals surface area contributed by atoms with Gasteiger partial charge in [-0.2, -0.15) is 0 Å². The van der Waals surface area contributed by atoms with Crippen molar-refractivity contribution in [2.75, 3.05) is 7.11 Å². The topological polar surface area (TPSA) is 56.8 Å². The zero-order valence-electron chi connectivity index (χ0n) is 13.8. The molecule has 0 fully saturated rings. The van der Waals surface area contributed by atoms with Crippen LogP contribution < -0.4 is 10.5 Å². The Balaban J connectivity index is 2.10. The van der Waals surface area contributed by atoms with Gasteiger partial charge in [-0.15, -0.1) is 0 Å². The first kappa shape index (κ1) is 17.7. The van der Waals surface area contributed by atoms with Gasteiger partial charge in [-0.3, -0.25) is 4.99 Å². The van der Waals surface area contributed by atoms with Gasteiger partial charge in [0.1, 0.15) is 11.6 Å².